The van der Waals surface area contributed by atoms with Gasteiger partial charge < -0.3 is 10.2 Å². The topological polar surface area (TPSA) is 78.1 Å². The molecule has 1 saturated heterocycles. The van der Waals surface area contributed by atoms with Crippen LogP contribution in [0.25, 0.3) is 0 Å². The van der Waals surface area contributed by atoms with Crippen molar-refractivity contribution in [1.29, 1.82) is 0 Å². The maximum absolute atomic E-state index is 11.9. The number of aromatic nitrogens is 2. The van der Waals surface area contributed by atoms with Gasteiger partial charge in [-0.3, -0.25) is 14.7 Å². The van der Waals surface area contributed by atoms with Crippen molar-refractivity contribution in [2.24, 2.45) is 0 Å². The van der Waals surface area contributed by atoms with E-state index in [9.17, 15) is 9.59 Å². The highest BCUT2D eigenvalue weighted by Crippen LogP contribution is 2.23. The van der Waals surface area contributed by atoms with Gasteiger partial charge in [0, 0.05) is 13.0 Å². The number of aromatic amines is 1. The van der Waals surface area contributed by atoms with Crippen LogP contribution in [0.15, 0.2) is 4.47 Å². The molecule has 104 valence electrons. The average molecular weight is 329 g/mol. The Kier molecular flexibility index (Phi) is 4.57. The summed E-state index contributed by atoms with van der Waals surface area (Å²) in [5.41, 5.74) is 0.935. The molecule has 1 aromatic rings. The van der Waals surface area contributed by atoms with Gasteiger partial charge in [0.2, 0.25) is 11.8 Å². The van der Waals surface area contributed by atoms with Gasteiger partial charge in [-0.1, -0.05) is 6.92 Å². The van der Waals surface area contributed by atoms with Crippen molar-refractivity contribution in [3.05, 3.63) is 10.2 Å². The summed E-state index contributed by atoms with van der Waals surface area (Å²) < 4.78 is 0.772. The Hall–Kier alpha value is -1.37. The Bertz CT molecular complexity index is 486. The summed E-state index contributed by atoms with van der Waals surface area (Å²) in [5, 5.41) is 9.59. The van der Waals surface area contributed by atoms with Crippen LogP contribution in [0.5, 0.6) is 0 Å². The standard InChI is InChI=1S/C12H17BrN4O2/c1-2-8-11(13)12(16-15-8)14-9(18)7-17-6-4-3-5-10(17)19/h2-7H2,1H3,(H2,14,15,16,18). The van der Waals surface area contributed by atoms with Crippen LogP contribution in [0.3, 0.4) is 0 Å². The molecule has 0 saturated carbocycles. The lowest BCUT2D eigenvalue weighted by Gasteiger charge is -2.25. The number of hydrogen-bond acceptors (Lipinski definition) is 3. The largest absolute Gasteiger partial charge is 0.333 e. The van der Waals surface area contributed by atoms with E-state index in [2.05, 4.69) is 31.4 Å². The van der Waals surface area contributed by atoms with E-state index in [1.165, 1.54) is 0 Å². The highest BCUT2D eigenvalue weighted by Gasteiger charge is 2.21. The maximum atomic E-state index is 11.9. The summed E-state index contributed by atoms with van der Waals surface area (Å²) in [6.07, 6.45) is 3.22. The molecule has 1 aliphatic rings. The minimum absolute atomic E-state index is 0.0525. The Morgan fingerprint density at radius 2 is 2.32 bits per heavy atom. The number of rotatable bonds is 4. The maximum Gasteiger partial charge on any atom is 0.245 e. The lowest BCUT2D eigenvalue weighted by Crippen LogP contribution is -2.40. The van der Waals surface area contributed by atoms with Gasteiger partial charge in [0.05, 0.1) is 16.7 Å². The van der Waals surface area contributed by atoms with Crippen molar-refractivity contribution in [1.82, 2.24) is 15.1 Å². The number of H-pyrrole nitrogens is 1. The fourth-order valence-electron chi connectivity index (χ4n) is 2.06. The quantitative estimate of drug-likeness (QED) is 0.882. The van der Waals surface area contributed by atoms with Crippen molar-refractivity contribution in [2.75, 3.05) is 18.4 Å². The van der Waals surface area contributed by atoms with E-state index in [4.69, 9.17) is 0 Å². The van der Waals surface area contributed by atoms with Gasteiger partial charge in [-0.15, -0.1) is 0 Å². The van der Waals surface area contributed by atoms with Crippen LogP contribution in [0, 0.1) is 0 Å². The molecular weight excluding hydrogens is 312 g/mol. The van der Waals surface area contributed by atoms with Crippen molar-refractivity contribution >= 4 is 33.6 Å². The van der Waals surface area contributed by atoms with Gasteiger partial charge in [0.25, 0.3) is 0 Å². The molecule has 2 N–H and O–H groups in total. The first-order chi connectivity index (χ1) is 9.11. The lowest BCUT2D eigenvalue weighted by molar-refractivity contribution is -0.136. The summed E-state index contributed by atoms with van der Waals surface area (Å²) in [6.45, 7) is 2.75. The molecule has 0 aromatic carbocycles. The second-order valence-electron chi connectivity index (χ2n) is 4.54. The average Bonchev–Trinajstić information content (AvgIpc) is 2.73. The zero-order chi connectivity index (χ0) is 13.8. The van der Waals surface area contributed by atoms with E-state index >= 15 is 0 Å². The molecule has 7 heteroatoms. The summed E-state index contributed by atoms with van der Waals surface area (Å²) >= 11 is 3.39. The first-order valence-electron chi connectivity index (χ1n) is 6.42. The molecule has 2 amide bonds. The van der Waals surface area contributed by atoms with Crippen LogP contribution in [0.4, 0.5) is 5.82 Å². The number of carbonyl (C=O) groups is 2. The van der Waals surface area contributed by atoms with Crippen LogP contribution < -0.4 is 5.32 Å². The molecule has 1 fully saturated rings. The van der Waals surface area contributed by atoms with E-state index in [-0.39, 0.29) is 18.4 Å². The molecule has 1 aliphatic heterocycles. The second kappa shape index (κ2) is 6.18. The molecule has 0 aliphatic carbocycles. The lowest BCUT2D eigenvalue weighted by atomic mass is 10.1. The molecular formula is C12H17BrN4O2. The van der Waals surface area contributed by atoms with Gasteiger partial charge in [0.1, 0.15) is 0 Å². The number of anilines is 1. The fraction of sp³-hybridized carbons (Fsp3) is 0.583. The number of piperidine rings is 1. The number of hydrogen-bond donors (Lipinski definition) is 2. The van der Waals surface area contributed by atoms with Gasteiger partial charge in [-0.2, -0.15) is 5.10 Å². The molecule has 0 atom stereocenters. The van der Waals surface area contributed by atoms with Crippen molar-refractivity contribution < 1.29 is 9.59 Å². The minimum Gasteiger partial charge on any atom is -0.333 e. The summed E-state index contributed by atoms with van der Waals surface area (Å²) in [5.74, 6) is 0.313. The van der Waals surface area contributed by atoms with Crippen LogP contribution in [-0.2, 0) is 16.0 Å². The van der Waals surface area contributed by atoms with Crippen LogP contribution >= 0.6 is 15.9 Å². The van der Waals surface area contributed by atoms with E-state index in [1.54, 1.807) is 4.90 Å². The summed E-state index contributed by atoms with van der Waals surface area (Å²) in [6, 6.07) is 0. The van der Waals surface area contributed by atoms with Crippen molar-refractivity contribution in [3.63, 3.8) is 0 Å². The molecule has 0 bridgehead atoms. The van der Waals surface area contributed by atoms with Gasteiger partial charge >= 0.3 is 0 Å². The summed E-state index contributed by atoms with van der Waals surface area (Å²) in [4.78, 5) is 25.1. The molecule has 0 spiro atoms. The van der Waals surface area contributed by atoms with Gasteiger partial charge in [-0.25, -0.2) is 0 Å². The zero-order valence-electron chi connectivity index (χ0n) is 10.8. The van der Waals surface area contributed by atoms with Gasteiger partial charge in [-0.05, 0) is 35.2 Å². The number of nitrogens with zero attached hydrogens (tertiary/aromatic N) is 2. The molecule has 1 aromatic heterocycles. The van der Waals surface area contributed by atoms with Crippen LogP contribution in [0.2, 0.25) is 0 Å². The van der Waals surface area contributed by atoms with Crippen molar-refractivity contribution in [3.8, 4) is 0 Å². The van der Waals surface area contributed by atoms with E-state index in [1.807, 2.05) is 6.92 Å². The highest BCUT2D eigenvalue weighted by molar-refractivity contribution is 9.10. The first-order valence-corrected chi connectivity index (χ1v) is 7.21. The third-order valence-corrected chi connectivity index (χ3v) is 4.00. The molecule has 2 heterocycles. The second-order valence-corrected chi connectivity index (χ2v) is 5.33. The predicted octanol–water partition coefficient (Wildman–Crippen LogP) is 1.69. The molecule has 19 heavy (non-hydrogen) atoms. The predicted molar refractivity (Wildman–Crippen MR) is 74.7 cm³/mol. The number of halogens is 1. The third-order valence-electron chi connectivity index (χ3n) is 3.14. The Balaban J connectivity index is 1.93. The van der Waals surface area contributed by atoms with E-state index in [0.717, 1.165) is 29.4 Å². The molecule has 0 unspecified atom stereocenters. The molecule has 0 radical (unpaired) electrons. The van der Waals surface area contributed by atoms with Crippen LogP contribution in [0.1, 0.15) is 31.9 Å². The number of amides is 2. The first kappa shape index (κ1) is 14.0. The van der Waals surface area contributed by atoms with E-state index in [0.29, 0.717) is 18.8 Å². The monoisotopic (exact) mass is 328 g/mol. The third kappa shape index (κ3) is 3.34. The zero-order valence-corrected chi connectivity index (χ0v) is 12.4. The number of aryl methyl sites for hydroxylation is 1. The highest BCUT2D eigenvalue weighted by atomic mass is 79.9. The summed E-state index contributed by atoms with van der Waals surface area (Å²) in [7, 11) is 0. The minimum atomic E-state index is -0.217. The van der Waals surface area contributed by atoms with Gasteiger partial charge in [0.15, 0.2) is 5.82 Å². The Labute approximate surface area is 120 Å². The Morgan fingerprint density at radius 1 is 1.53 bits per heavy atom. The SMILES string of the molecule is CCc1[nH]nc(NC(=O)CN2CCCCC2=O)c1Br. The molecule has 2 rings (SSSR count). The normalized spacial score (nSPS) is 15.7. The number of likely N-dealkylation sites (tertiary alicyclic amines) is 1. The number of nitrogens with one attached hydrogen (secondary N) is 2. The number of carbonyl (C=O) groups excluding carboxylic acids is 2. The molecule has 6 nitrogen and oxygen atoms in total. The van der Waals surface area contributed by atoms with E-state index < -0.39 is 0 Å². The van der Waals surface area contributed by atoms with Crippen LogP contribution in [-0.4, -0.2) is 40.0 Å². The van der Waals surface area contributed by atoms with Crippen molar-refractivity contribution in [2.45, 2.75) is 32.6 Å². The smallest absolute Gasteiger partial charge is 0.245 e. The Morgan fingerprint density at radius 3 is 2.95 bits per heavy atom. The fourth-order valence-corrected chi connectivity index (χ4v) is 2.61.